The Morgan fingerprint density at radius 1 is 1.52 bits per heavy atom. The number of hydrogen-bond donors (Lipinski definition) is 2. The van der Waals surface area contributed by atoms with Gasteiger partial charge < -0.3 is 15.5 Å². The molecule has 0 spiro atoms. The molecule has 5 nitrogen and oxygen atoms in total. The van der Waals surface area contributed by atoms with Crippen molar-refractivity contribution in [3.8, 4) is 0 Å². The van der Waals surface area contributed by atoms with Crippen LogP contribution >= 0.6 is 0 Å². The van der Waals surface area contributed by atoms with Crippen LogP contribution in [0, 0.1) is 5.92 Å². The number of nitrogens with one attached hydrogen (secondary N) is 2. The van der Waals surface area contributed by atoms with Crippen molar-refractivity contribution in [3.05, 3.63) is 0 Å². The molecule has 21 heavy (non-hydrogen) atoms. The maximum atomic E-state index is 12.4. The summed E-state index contributed by atoms with van der Waals surface area (Å²) >= 11 is 0. The summed E-state index contributed by atoms with van der Waals surface area (Å²) in [5, 5.41) is 6.53. The summed E-state index contributed by atoms with van der Waals surface area (Å²) in [6, 6.07) is 0.959. The molecule has 120 valence electrons. The zero-order chi connectivity index (χ0) is 15.4. The Kier molecular flexibility index (Phi) is 5.62. The predicted molar refractivity (Wildman–Crippen MR) is 82.8 cm³/mol. The van der Waals surface area contributed by atoms with Crippen molar-refractivity contribution < 1.29 is 9.59 Å². The van der Waals surface area contributed by atoms with Gasteiger partial charge in [0.05, 0.1) is 5.92 Å². The Morgan fingerprint density at radius 3 is 2.95 bits per heavy atom. The van der Waals surface area contributed by atoms with E-state index in [-0.39, 0.29) is 29.8 Å². The molecule has 5 heteroatoms. The van der Waals surface area contributed by atoms with Crippen molar-refractivity contribution in [2.24, 2.45) is 5.92 Å². The van der Waals surface area contributed by atoms with E-state index in [1.54, 1.807) is 0 Å². The molecule has 0 aromatic carbocycles. The first-order valence-corrected chi connectivity index (χ1v) is 8.34. The lowest BCUT2D eigenvalue weighted by atomic mass is 9.99. The summed E-state index contributed by atoms with van der Waals surface area (Å²) in [6.07, 6.45) is 4.40. The van der Waals surface area contributed by atoms with Crippen molar-refractivity contribution in [3.63, 3.8) is 0 Å². The highest BCUT2D eigenvalue weighted by atomic mass is 16.2. The Balaban J connectivity index is 1.85. The SMILES string of the molecule is CCCC(C)N1CC(C(=O)NC2CCNC(C)C2)CC1=O. The van der Waals surface area contributed by atoms with E-state index in [2.05, 4.69) is 31.4 Å². The van der Waals surface area contributed by atoms with Gasteiger partial charge >= 0.3 is 0 Å². The van der Waals surface area contributed by atoms with Crippen LogP contribution in [0.3, 0.4) is 0 Å². The summed E-state index contributed by atoms with van der Waals surface area (Å²) in [7, 11) is 0. The standard InChI is InChI=1S/C16H29N3O2/c1-4-5-12(3)19-10-13(9-15(19)20)16(21)18-14-6-7-17-11(2)8-14/h11-14,17H,4-10H2,1-3H3,(H,18,21). The molecule has 2 N–H and O–H groups in total. The van der Waals surface area contributed by atoms with Crippen molar-refractivity contribution in [1.29, 1.82) is 0 Å². The number of likely N-dealkylation sites (tertiary alicyclic amines) is 1. The molecule has 2 saturated heterocycles. The predicted octanol–water partition coefficient (Wildman–Crippen LogP) is 1.28. The van der Waals surface area contributed by atoms with Gasteiger partial charge in [-0.3, -0.25) is 9.59 Å². The van der Waals surface area contributed by atoms with Crippen LogP contribution in [-0.2, 0) is 9.59 Å². The van der Waals surface area contributed by atoms with Gasteiger partial charge in [0, 0.05) is 31.1 Å². The number of nitrogens with zero attached hydrogens (tertiary/aromatic N) is 1. The minimum Gasteiger partial charge on any atom is -0.353 e. The van der Waals surface area contributed by atoms with Crippen LogP contribution < -0.4 is 10.6 Å². The van der Waals surface area contributed by atoms with Gasteiger partial charge in [0.25, 0.3) is 0 Å². The van der Waals surface area contributed by atoms with Gasteiger partial charge in [0.15, 0.2) is 0 Å². The van der Waals surface area contributed by atoms with E-state index >= 15 is 0 Å². The molecule has 0 aromatic heterocycles. The minimum atomic E-state index is -0.165. The van der Waals surface area contributed by atoms with E-state index in [1.807, 2.05) is 4.90 Å². The molecule has 0 bridgehead atoms. The first-order chi connectivity index (χ1) is 10.0. The van der Waals surface area contributed by atoms with Crippen LogP contribution in [0.15, 0.2) is 0 Å². The maximum absolute atomic E-state index is 12.4. The van der Waals surface area contributed by atoms with Gasteiger partial charge in [0.1, 0.15) is 0 Å². The van der Waals surface area contributed by atoms with Crippen LogP contribution in [0.4, 0.5) is 0 Å². The smallest absolute Gasteiger partial charge is 0.225 e. The number of carbonyl (C=O) groups is 2. The zero-order valence-corrected chi connectivity index (χ0v) is 13.5. The van der Waals surface area contributed by atoms with Crippen molar-refractivity contribution in [2.45, 2.75) is 71.0 Å². The topological polar surface area (TPSA) is 61.4 Å². The van der Waals surface area contributed by atoms with E-state index in [9.17, 15) is 9.59 Å². The summed E-state index contributed by atoms with van der Waals surface area (Å²) in [4.78, 5) is 26.4. The molecule has 4 atom stereocenters. The molecule has 2 aliphatic rings. The first-order valence-electron chi connectivity index (χ1n) is 8.34. The quantitative estimate of drug-likeness (QED) is 0.803. The summed E-state index contributed by atoms with van der Waals surface area (Å²) in [6.45, 7) is 7.89. The molecule has 2 amide bonds. The molecule has 0 saturated carbocycles. The lowest BCUT2D eigenvalue weighted by Crippen LogP contribution is -2.48. The molecular formula is C16H29N3O2. The zero-order valence-electron chi connectivity index (χ0n) is 13.5. The van der Waals surface area contributed by atoms with Gasteiger partial charge in [-0.15, -0.1) is 0 Å². The third-order valence-corrected chi connectivity index (χ3v) is 4.74. The van der Waals surface area contributed by atoms with Gasteiger partial charge in [0.2, 0.25) is 11.8 Å². The van der Waals surface area contributed by atoms with E-state index in [4.69, 9.17) is 0 Å². The monoisotopic (exact) mass is 295 g/mol. The van der Waals surface area contributed by atoms with E-state index in [1.165, 1.54) is 0 Å². The number of carbonyl (C=O) groups excluding carboxylic acids is 2. The molecule has 2 rings (SSSR count). The summed E-state index contributed by atoms with van der Waals surface area (Å²) in [5.41, 5.74) is 0. The number of piperidine rings is 1. The Morgan fingerprint density at radius 2 is 2.29 bits per heavy atom. The molecule has 0 aliphatic carbocycles. The fraction of sp³-hybridized carbons (Fsp3) is 0.875. The molecule has 0 aromatic rings. The Bertz CT molecular complexity index is 386. The normalized spacial score (nSPS) is 31.3. The molecule has 0 radical (unpaired) electrons. The lowest BCUT2D eigenvalue weighted by Gasteiger charge is -2.29. The molecule has 2 heterocycles. The number of rotatable bonds is 5. The Labute approximate surface area is 127 Å². The molecule has 2 fully saturated rings. The second-order valence-corrected chi connectivity index (χ2v) is 6.67. The highest BCUT2D eigenvalue weighted by Crippen LogP contribution is 2.22. The fourth-order valence-electron chi connectivity index (χ4n) is 3.49. The van der Waals surface area contributed by atoms with Crippen LogP contribution in [-0.4, -0.2) is 47.9 Å². The maximum Gasteiger partial charge on any atom is 0.225 e. The highest BCUT2D eigenvalue weighted by molar-refractivity contribution is 5.89. The van der Waals surface area contributed by atoms with E-state index in [0.29, 0.717) is 19.0 Å². The number of hydrogen-bond acceptors (Lipinski definition) is 3. The Hall–Kier alpha value is -1.10. The minimum absolute atomic E-state index is 0.0636. The van der Waals surface area contributed by atoms with Crippen molar-refractivity contribution in [1.82, 2.24) is 15.5 Å². The summed E-state index contributed by atoms with van der Waals surface area (Å²) < 4.78 is 0. The average molecular weight is 295 g/mol. The molecule has 2 aliphatic heterocycles. The summed E-state index contributed by atoms with van der Waals surface area (Å²) in [5.74, 6) is 0.0328. The molecular weight excluding hydrogens is 266 g/mol. The second kappa shape index (κ2) is 7.25. The van der Waals surface area contributed by atoms with Gasteiger partial charge in [-0.25, -0.2) is 0 Å². The fourth-order valence-corrected chi connectivity index (χ4v) is 3.49. The largest absolute Gasteiger partial charge is 0.353 e. The van der Waals surface area contributed by atoms with Crippen LogP contribution in [0.1, 0.15) is 52.9 Å². The number of amides is 2. The third-order valence-electron chi connectivity index (χ3n) is 4.74. The first kappa shape index (κ1) is 16.3. The highest BCUT2D eigenvalue weighted by Gasteiger charge is 2.37. The van der Waals surface area contributed by atoms with Crippen LogP contribution in [0.5, 0.6) is 0 Å². The third kappa shape index (κ3) is 4.19. The molecule has 4 unspecified atom stereocenters. The van der Waals surface area contributed by atoms with Gasteiger partial charge in [-0.2, -0.15) is 0 Å². The van der Waals surface area contributed by atoms with E-state index < -0.39 is 0 Å². The lowest BCUT2D eigenvalue weighted by molar-refractivity contribution is -0.130. The van der Waals surface area contributed by atoms with Crippen molar-refractivity contribution in [2.75, 3.05) is 13.1 Å². The average Bonchev–Trinajstić information content (AvgIpc) is 2.81. The van der Waals surface area contributed by atoms with E-state index in [0.717, 1.165) is 32.2 Å². The van der Waals surface area contributed by atoms with Crippen LogP contribution in [0.25, 0.3) is 0 Å². The second-order valence-electron chi connectivity index (χ2n) is 6.67. The van der Waals surface area contributed by atoms with Gasteiger partial charge in [-0.05, 0) is 39.7 Å². The van der Waals surface area contributed by atoms with Gasteiger partial charge in [-0.1, -0.05) is 13.3 Å². The van der Waals surface area contributed by atoms with Crippen LogP contribution in [0.2, 0.25) is 0 Å². The van der Waals surface area contributed by atoms with Crippen molar-refractivity contribution >= 4 is 11.8 Å².